The third-order valence-corrected chi connectivity index (χ3v) is 2.91. The van der Waals surface area contributed by atoms with Crippen LogP contribution in [-0.2, 0) is 4.79 Å². The van der Waals surface area contributed by atoms with E-state index in [-0.39, 0.29) is 11.9 Å². The first-order valence-electron chi connectivity index (χ1n) is 6.16. The molecule has 0 aliphatic heterocycles. The molecule has 3 N–H and O–H groups in total. The van der Waals surface area contributed by atoms with Crippen molar-refractivity contribution in [3.8, 4) is 6.07 Å². The number of rotatable bonds is 5. The van der Waals surface area contributed by atoms with E-state index in [0.29, 0.717) is 13.1 Å². The highest BCUT2D eigenvalue weighted by molar-refractivity contribution is 5.83. The molecule has 0 bridgehead atoms. The van der Waals surface area contributed by atoms with Gasteiger partial charge < -0.3 is 10.3 Å². The van der Waals surface area contributed by atoms with Gasteiger partial charge in [0.1, 0.15) is 6.04 Å². The Hall–Kier alpha value is -2.32. The number of hydrogen-bond acceptors (Lipinski definition) is 3. The summed E-state index contributed by atoms with van der Waals surface area (Å²) < 4.78 is 0. The number of para-hydroxylation sites is 1. The predicted octanol–water partition coefficient (Wildman–Crippen LogP) is 1.46. The van der Waals surface area contributed by atoms with E-state index in [1.54, 1.807) is 0 Å². The van der Waals surface area contributed by atoms with Crippen LogP contribution in [0, 0.1) is 11.3 Å². The maximum absolute atomic E-state index is 10.8. The van der Waals surface area contributed by atoms with Gasteiger partial charge in [-0.15, -0.1) is 0 Å². The second kappa shape index (κ2) is 6.03. The van der Waals surface area contributed by atoms with Crippen molar-refractivity contribution in [1.29, 1.82) is 5.26 Å². The molecule has 1 aromatic carbocycles. The van der Waals surface area contributed by atoms with Gasteiger partial charge in [0.25, 0.3) is 0 Å². The topological polar surface area (TPSA) is 80.7 Å². The molecule has 2 rings (SSSR count). The van der Waals surface area contributed by atoms with Crippen molar-refractivity contribution in [1.82, 2.24) is 15.6 Å². The minimum Gasteiger partial charge on any atom is -0.361 e. The minimum atomic E-state index is -0.384. The van der Waals surface area contributed by atoms with Crippen molar-refractivity contribution in [2.24, 2.45) is 0 Å². The number of nitrogens with one attached hydrogen (secondary N) is 3. The summed E-state index contributed by atoms with van der Waals surface area (Å²) in [5.41, 5.74) is 1.95. The molecule has 0 radical (unpaired) electrons. The van der Waals surface area contributed by atoms with Crippen LogP contribution in [0.25, 0.3) is 10.9 Å². The number of amides is 1. The number of hydrogen-bond donors (Lipinski definition) is 3. The van der Waals surface area contributed by atoms with Gasteiger partial charge in [0.05, 0.1) is 6.07 Å². The van der Waals surface area contributed by atoms with Gasteiger partial charge in [-0.1, -0.05) is 18.2 Å². The molecular formula is C14H16N4O. The Labute approximate surface area is 111 Å². The second-order valence-electron chi connectivity index (χ2n) is 4.29. The van der Waals surface area contributed by atoms with Gasteiger partial charge >= 0.3 is 0 Å². The van der Waals surface area contributed by atoms with Gasteiger partial charge in [0.15, 0.2) is 0 Å². The Kier molecular flexibility index (Phi) is 4.16. The van der Waals surface area contributed by atoms with Gasteiger partial charge in [0, 0.05) is 42.7 Å². The summed E-state index contributed by atoms with van der Waals surface area (Å²) >= 11 is 0. The number of carbonyl (C=O) groups is 1. The van der Waals surface area contributed by atoms with Crippen LogP contribution in [0.4, 0.5) is 0 Å². The predicted molar refractivity (Wildman–Crippen MR) is 73.3 cm³/mol. The highest BCUT2D eigenvalue weighted by atomic mass is 16.1. The number of carbonyl (C=O) groups excluding carboxylic acids is 1. The monoisotopic (exact) mass is 256 g/mol. The highest BCUT2D eigenvalue weighted by Crippen LogP contribution is 2.23. The first-order chi connectivity index (χ1) is 9.22. The average Bonchev–Trinajstić information content (AvgIpc) is 2.83. The molecule has 1 unspecified atom stereocenters. The molecule has 2 aromatic rings. The number of H-pyrrole nitrogens is 1. The van der Waals surface area contributed by atoms with Crippen molar-refractivity contribution in [2.45, 2.75) is 13.0 Å². The molecule has 5 heteroatoms. The minimum absolute atomic E-state index is 0.0672. The Morgan fingerprint density at radius 1 is 1.42 bits per heavy atom. The SMILES string of the molecule is CC(=O)NCCNC(C#N)c1c[nH]c2ccccc12. The fourth-order valence-electron chi connectivity index (χ4n) is 2.01. The lowest BCUT2D eigenvalue weighted by Gasteiger charge is -2.11. The van der Waals surface area contributed by atoms with Crippen molar-refractivity contribution in [2.75, 3.05) is 13.1 Å². The molecule has 0 saturated heterocycles. The molecule has 0 saturated carbocycles. The third kappa shape index (κ3) is 3.12. The lowest BCUT2D eigenvalue weighted by Crippen LogP contribution is -2.31. The Balaban J connectivity index is 2.06. The molecule has 1 aromatic heterocycles. The van der Waals surface area contributed by atoms with E-state index >= 15 is 0 Å². The molecule has 1 amide bonds. The summed E-state index contributed by atoms with van der Waals surface area (Å²) in [5, 5.41) is 16.1. The Bertz CT molecular complexity index is 611. The number of aromatic amines is 1. The van der Waals surface area contributed by atoms with Crippen molar-refractivity contribution in [3.63, 3.8) is 0 Å². The fraction of sp³-hybridized carbons (Fsp3) is 0.286. The van der Waals surface area contributed by atoms with Crippen LogP contribution in [0.15, 0.2) is 30.5 Å². The quantitative estimate of drug-likeness (QED) is 0.708. The first kappa shape index (κ1) is 13.1. The lowest BCUT2D eigenvalue weighted by molar-refractivity contribution is -0.118. The molecule has 0 fully saturated rings. The van der Waals surface area contributed by atoms with E-state index in [0.717, 1.165) is 16.5 Å². The largest absolute Gasteiger partial charge is 0.361 e. The molecule has 0 aliphatic rings. The van der Waals surface area contributed by atoms with E-state index in [4.69, 9.17) is 0 Å². The number of aromatic nitrogens is 1. The lowest BCUT2D eigenvalue weighted by atomic mass is 10.1. The van der Waals surface area contributed by atoms with Gasteiger partial charge in [-0.2, -0.15) is 5.26 Å². The highest BCUT2D eigenvalue weighted by Gasteiger charge is 2.14. The maximum Gasteiger partial charge on any atom is 0.216 e. The maximum atomic E-state index is 10.8. The van der Waals surface area contributed by atoms with Crippen LogP contribution in [0.1, 0.15) is 18.5 Å². The average molecular weight is 256 g/mol. The molecule has 0 spiro atoms. The number of fused-ring (bicyclic) bond motifs is 1. The molecule has 5 nitrogen and oxygen atoms in total. The van der Waals surface area contributed by atoms with Crippen molar-refractivity contribution in [3.05, 3.63) is 36.0 Å². The van der Waals surface area contributed by atoms with E-state index in [1.165, 1.54) is 6.92 Å². The zero-order valence-corrected chi connectivity index (χ0v) is 10.7. The van der Waals surface area contributed by atoms with Gasteiger partial charge in [-0.25, -0.2) is 0 Å². The van der Waals surface area contributed by atoms with E-state index in [9.17, 15) is 10.1 Å². The summed E-state index contributed by atoms with van der Waals surface area (Å²) in [6, 6.07) is 9.72. The Morgan fingerprint density at radius 3 is 2.95 bits per heavy atom. The smallest absolute Gasteiger partial charge is 0.216 e. The molecular weight excluding hydrogens is 240 g/mol. The van der Waals surface area contributed by atoms with Gasteiger partial charge in [-0.05, 0) is 6.07 Å². The van der Waals surface area contributed by atoms with Crippen LogP contribution in [0.5, 0.6) is 0 Å². The van der Waals surface area contributed by atoms with E-state index in [2.05, 4.69) is 21.7 Å². The molecule has 1 heterocycles. The van der Waals surface area contributed by atoms with Crippen LogP contribution >= 0.6 is 0 Å². The zero-order chi connectivity index (χ0) is 13.7. The summed E-state index contributed by atoms with van der Waals surface area (Å²) in [7, 11) is 0. The normalized spacial score (nSPS) is 12.0. The number of benzene rings is 1. The summed E-state index contributed by atoms with van der Waals surface area (Å²) in [5.74, 6) is -0.0672. The van der Waals surface area contributed by atoms with Crippen molar-refractivity contribution < 1.29 is 4.79 Å². The van der Waals surface area contributed by atoms with Crippen LogP contribution < -0.4 is 10.6 Å². The van der Waals surface area contributed by atoms with Crippen LogP contribution in [-0.4, -0.2) is 24.0 Å². The first-order valence-corrected chi connectivity index (χ1v) is 6.16. The van der Waals surface area contributed by atoms with Crippen LogP contribution in [0.3, 0.4) is 0 Å². The molecule has 19 heavy (non-hydrogen) atoms. The standard InChI is InChI=1S/C14H16N4O/c1-10(19)16-6-7-17-14(8-15)12-9-18-13-5-3-2-4-11(12)13/h2-5,9,14,17-18H,6-7H2,1H3,(H,16,19). The van der Waals surface area contributed by atoms with Crippen LogP contribution in [0.2, 0.25) is 0 Å². The summed E-state index contributed by atoms with van der Waals surface area (Å²) in [6.45, 7) is 2.54. The fourth-order valence-corrected chi connectivity index (χ4v) is 2.01. The number of nitriles is 1. The zero-order valence-electron chi connectivity index (χ0n) is 10.7. The Morgan fingerprint density at radius 2 is 2.21 bits per heavy atom. The van der Waals surface area contributed by atoms with E-state index in [1.807, 2.05) is 30.5 Å². The number of nitrogens with zero attached hydrogens (tertiary/aromatic N) is 1. The molecule has 0 aliphatic carbocycles. The van der Waals surface area contributed by atoms with Crippen molar-refractivity contribution >= 4 is 16.8 Å². The summed E-state index contributed by atoms with van der Waals surface area (Å²) in [6.07, 6.45) is 1.85. The molecule has 98 valence electrons. The molecule has 1 atom stereocenters. The van der Waals surface area contributed by atoms with E-state index < -0.39 is 0 Å². The second-order valence-corrected chi connectivity index (χ2v) is 4.29. The van der Waals surface area contributed by atoms with Gasteiger partial charge in [-0.3, -0.25) is 10.1 Å². The van der Waals surface area contributed by atoms with Gasteiger partial charge in [0.2, 0.25) is 5.91 Å². The summed E-state index contributed by atoms with van der Waals surface area (Å²) in [4.78, 5) is 13.9. The third-order valence-electron chi connectivity index (χ3n) is 2.91.